The first-order valence-corrected chi connectivity index (χ1v) is 7.87. The van der Waals surface area contributed by atoms with E-state index in [0.29, 0.717) is 25.2 Å². The number of halogens is 4. The maximum absolute atomic E-state index is 6.18. The van der Waals surface area contributed by atoms with E-state index in [4.69, 9.17) is 34.8 Å². The summed E-state index contributed by atoms with van der Waals surface area (Å²) >= 11 is 22.9. The van der Waals surface area contributed by atoms with Gasteiger partial charge in [-0.25, -0.2) is 9.97 Å². The Bertz CT molecular complexity index is 788. The minimum atomic E-state index is 0.394. The van der Waals surface area contributed by atoms with Crippen molar-refractivity contribution in [2.24, 2.45) is 0 Å². The monoisotopic (exact) mass is 392 g/mol. The third kappa shape index (κ3) is 2.60. The second-order valence-electron chi connectivity index (χ2n) is 3.74. The molecule has 0 amide bonds. The van der Waals surface area contributed by atoms with Crippen molar-refractivity contribution in [2.45, 2.75) is 0 Å². The molecule has 0 fully saturated rings. The molecule has 2 nitrogen and oxygen atoms in total. The zero-order chi connectivity index (χ0) is 13.6. The standard InChI is InChI=1S/C12H4BrCl3N2S/c13-5-1-2-6-8(3-5)17-12(18-10(6)15)7-4-9(14)19-11(7)16/h1-4H. The van der Waals surface area contributed by atoms with Crippen LogP contribution in [0.25, 0.3) is 22.3 Å². The molecule has 7 heteroatoms. The van der Waals surface area contributed by atoms with Crippen molar-refractivity contribution in [2.75, 3.05) is 0 Å². The number of aromatic nitrogens is 2. The van der Waals surface area contributed by atoms with Gasteiger partial charge in [0.2, 0.25) is 0 Å². The van der Waals surface area contributed by atoms with E-state index in [1.165, 1.54) is 11.3 Å². The number of nitrogens with zero attached hydrogens (tertiary/aromatic N) is 2. The summed E-state index contributed by atoms with van der Waals surface area (Å²) in [5.41, 5.74) is 1.45. The Balaban J connectivity index is 2.28. The molecule has 2 aromatic heterocycles. The van der Waals surface area contributed by atoms with Crippen molar-refractivity contribution in [3.8, 4) is 11.4 Å². The summed E-state index contributed by atoms with van der Waals surface area (Å²) in [4.78, 5) is 8.76. The highest BCUT2D eigenvalue weighted by Crippen LogP contribution is 2.38. The fourth-order valence-electron chi connectivity index (χ4n) is 1.68. The third-order valence-corrected chi connectivity index (χ3v) is 4.78. The van der Waals surface area contributed by atoms with Gasteiger partial charge in [-0.15, -0.1) is 11.3 Å². The minimum Gasteiger partial charge on any atom is -0.228 e. The van der Waals surface area contributed by atoms with Crippen LogP contribution in [0.15, 0.2) is 28.7 Å². The molecule has 3 rings (SSSR count). The molecule has 96 valence electrons. The van der Waals surface area contributed by atoms with Crippen LogP contribution in [0.2, 0.25) is 13.8 Å². The lowest BCUT2D eigenvalue weighted by molar-refractivity contribution is 1.23. The van der Waals surface area contributed by atoms with Crippen LogP contribution in [-0.2, 0) is 0 Å². The Morgan fingerprint density at radius 3 is 2.53 bits per heavy atom. The van der Waals surface area contributed by atoms with Gasteiger partial charge in [0, 0.05) is 9.86 Å². The van der Waals surface area contributed by atoms with Crippen molar-refractivity contribution < 1.29 is 0 Å². The molecule has 0 aliphatic carbocycles. The molecule has 0 saturated heterocycles. The van der Waals surface area contributed by atoms with Gasteiger partial charge in [-0.1, -0.05) is 50.7 Å². The number of benzene rings is 1. The van der Waals surface area contributed by atoms with Crippen LogP contribution in [0.1, 0.15) is 0 Å². The van der Waals surface area contributed by atoms with E-state index in [2.05, 4.69) is 25.9 Å². The van der Waals surface area contributed by atoms with Crippen LogP contribution < -0.4 is 0 Å². The molecule has 19 heavy (non-hydrogen) atoms. The van der Waals surface area contributed by atoms with E-state index in [1.807, 2.05) is 18.2 Å². The van der Waals surface area contributed by atoms with E-state index in [1.54, 1.807) is 6.07 Å². The number of rotatable bonds is 1. The fourth-order valence-corrected chi connectivity index (χ4v) is 3.72. The maximum atomic E-state index is 6.18. The average molecular weight is 395 g/mol. The predicted octanol–water partition coefficient (Wildman–Crippen LogP) is 6.08. The highest BCUT2D eigenvalue weighted by molar-refractivity contribution is 9.10. The molecule has 0 saturated carbocycles. The first-order valence-electron chi connectivity index (χ1n) is 5.12. The summed E-state index contributed by atoms with van der Waals surface area (Å²) in [6.07, 6.45) is 0. The van der Waals surface area contributed by atoms with Crippen LogP contribution in [0, 0.1) is 0 Å². The Morgan fingerprint density at radius 2 is 1.84 bits per heavy atom. The van der Waals surface area contributed by atoms with Crippen LogP contribution >= 0.6 is 62.1 Å². The van der Waals surface area contributed by atoms with Gasteiger partial charge >= 0.3 is 0 Å². The maximum Gasteiger partial charge on any atom is 0.163 e. The summed E-state index contributed by atoms with van der Waals surface area (Å²) in [6.45, 7) is 0. The molecule has 0 bridgehead atoms. The zero-order valence-corrected chi connectivity index (χ0v) is 13.8. The summed E-state index contributed by atoms with van der Waals surface area (Å²) in [5.74, 6) is 0.476. The molecule has 0 aliphatic heterocycles. The molecule has 1 aromatic carbocycles. The molecule has 3 aromatic rings. The van der Waals surface area contributed by atoms with Crippen LogP contribution in [0.5, 0.6) is 0 Å². The van der Waals surface area contributed by atoms with E-state index in [-0.39, 0.29) is 0 Å². The lowest BCUT2D eigenvalue weighted by Crippen LogP contribution is -1.91. The van der Waals surface area contributed by atoms with Gasteiger partial charge in [-0.3, -0.25) is 0 Å². The van der Waals surface area contributed by atoms with Gasteiger partial charge in [0.05, 0.1) is 15.4 Å². The first kappa shape index (κ1) is 13.6. The number of thiophene rings is 1. The van der Waals surface area contributed by atoms with E-state index in [9.17, 15) is 0 Å². The van der Waals surface area contributed by atoms with Crippen molar-refractivity contribution in [1.82, 2.24) is 9.97 Å². The van der Waals surface area contributed by atoms with Crippen LogP contribution in [0.4, 0.5) is 0 Å². The van der Waals surface area contributed by atoms with Gasteiger partial charge in [-0.2, -0.15) is 0 Å². The predicted molar refractivity (Wildman–Crippen MR) is 85.6 cm³/mol. The van der Waals surface area contributed by atoms with E-state index < -0.39 is 0 Å². The third-order valence-electron chi connectivity index (χ3n) is 2.51. The van der Waals surface area contributed by atoms with E-state index in [0.717, 1.165) is 15.4 Å². The Labute approximate surface area is 136 Å². The van der Waals surface area contributed by atoms with Gasteiger partial charge in [0.1, 0.15) is 9.49 Å². The molecular formula is C12H4BrCl3N2S. The van der Waals surface area contributed by atoms with Gasteiger partial charge in [-0.05, 0) is 24.3 Å². The number of hydrogen-bond acceptors (Lipinski definition) is 3. The van der Waals surface area contributed by atoms with Gasteiger partial charge < -0.3 is 0 Å². The Hall–Kier alpha value is -0.390. The van der Waals surface area contributed by atoms with Crippen LogP contribution in [-0.4, -0.2) is 9.97 Å². The largest absolute Gasteiger partial charge is 0.228 e. The lowest BCUT2D eigenvalue weighted by Gasteiger charge is -2.04. The van der Waals surface area contributed by atoms with Crippen molar-refractivity contribution in [1.29, 1.82) is 0 Å². The first-order chi connectivity index (χ1) is 9.04. The summed E-state index contributed by atoms with van der Waals surface area (Å²) in [6, 6.07) is 7.39. The van der Waals surface area contributed by atoms with Gasteiger partial charge in [0.25, 0.3) is 0 Å². The number of hydrogen-bond donors (Lipinski definition) is 0. The molecule has 0 spiro atoms. The topological polar surface area (TPSA) is 25.8 Å². The quantitative estimate of drug-likeness (QED) is 0.467. The Morgan fingerprint density at radius 1 is 1.05 bits per heavy atom. The van der Waals surface area contributed by atoms with Gasteiger partial charge in [0.15, 0.2) is 5.82 Å². The normalized spacial score (nSPS) is 11.2. The zero-order valence-electron chi connectivity index (χ0n) is 9.12. The minimum absolute atomic E-state index is 0.394. The second-order valence-corrected chi connectivity index (χ2v) is 7.30. The second kappa shape index (κ2) is 5.19. The molecule has 0 aliphatic rings. The molecule has 0 radical (unpaired) electrons. The fraction of sp³-hybridized carbons (Fsp3) is 0. The van der Waals surface area contributed by atoms with Crippen molar-refractivity contribution in [3.05, 3.63) is 42.6 Å². The molecule has 2 heterocycles. The Kier molecular flexibility index (Phi) is 3.71. The molecule has 0 N–H and O–H groups in total. The molecule has 0 unspecified atom stereocenters. The summed E-state index contributed by atoms with van der Waals surface area (Å²) in [7, 11) is 0. The summed E-state index contributed by atoms with van der Waals surface area (Å²) in [5, 5.41) is 1.19. The SMILES string of the molecule is Clc1cc(-c2nc(Cl)c3ccc(Br)cc3n2)c(Cl)s1. The van der Waals surface area contributed by atoms with Crippen molar-refractivity contribution >= 4 is 73.0 Å². The molecule has 0 atom stereocenters. The highest BCUT2D eigenvalue weighted by Gasteiger charge is 2.14. The average Bonchev–Trinajstić information content (AvgIpc) is 2.67. The highest BCUT2D eigenvalue weighted by atomic mass is 79.9. The van der Waals surface area contributed by atoms with Crippen molar-refractivity contribution in [3.63, 3.8) is 0 Å². The smallest absolute Gasteiger partial charge is 0.163 e. The number of fused-ring (bicyclic) bond motifs is 1. The molecular weight excluding hydrogens is 390 g/mol. The lowest BCUT2D eigenvalue weighted by atomic mass is 10.2. The van der Waals surface area contributed by atoms with E-state index >= 15 is 0 Å². The van der Waals surface area contributed by atoms with Crippen LogP contribution in [0.3, 0.4) is 0 Å². The summed E-state index contributed by atoms with van der Waals surface area (Å²) < 4.78 is 2.07.